The SMILES string of the molecule is Cc1cc2c(cc1O)[C@@]1(C=O)CCCC(C)(C)[C@@H]1CC2. The van der Waals surface area contributed by atoms with E-state index < -0.39 is 0 Å². The molecule has 108 valence electrons. The quantitative estimate of drug-likeness (QED) is 0.787. The molecule has 1 fully saturated rings. The average molecular weight is 272 g/mol. The minimum atomic E-state index is -0.374. The zero-order valence-corrected chi connectivity index (χ0v) is 12.7. The van der Waals surface area contributed by atoms with Gasteiger partial charge in [0.05, 0.1) is 5.41 Å². The van der Waals surface area contributed by atoms with Crippen LogP contribution in [0.5, 0.6) is 5.75 Å². The molecule has 0 radical (unpaired) electrons. The number of aryl methyl sites for hydroxylation is 2. The van der Waals surface area contributed by atoms with Gasteiger partial charge in [0.25, 0.3) is 0 Å². The summed E-state index contributed by atoms with van der Waals surface area (Å²) in [4.78, 5) is 12.1. The van der Waals surface area contributed by atoms with Crippen LogP contribution in [0.15, 0.2) is 12.1 Å². The lowest BCUT2D eigenvalue weighted by molar-refractivity contribution is -0.119. The van der Waals surface area contributed by atoms with Gasteiger partial charge in [-0.3, -0.25) is 0 Å². The molecule has 3 rings (SSSR count). The molecular weight excluding hydrogens is 248 g/mol. The monoisotopic (exact) mass is 272 g/mol. The van der Waals surface area contributed by atoms with Crippen LogP contribution in [-0.4, -0.2) is 11.4 Å². The van der Waals surface area contributed by atoms with Crippen molar-refractivity contribution in [3.8, 4) is 5.75 Å². The van der Waals surface area contributed by atoms with Crippen molar-refractivity contribution in [2.24, 2.45) is 11.3 Å². The standard InChI is InChI=1S/C18H24O2/c1-12-9-13-5-6-16-17(2,3)7-4-8-18(16,11-19)14(13)10-15(12)20/h9-11,16,20H,4-8H2,1-3H3/t16-,18-/m0/s1. The van der Waals surface area contributed by atoms with E-state index in [0.29, 0.717) is 11.7 Å². The van der Waals surface area contributed by atoms with Crippen molar-refractivity contribution in [1.29, 1.82) is 0 Å². The summed E-state index contributed by atoms with van der Waals surface area (Å²) in [6.45, 7) is 6.53. The van der Waals surface area contributed by atoms with Gasteiger partial charge in [0, 0.05) is 0 Å². The Labute approximate surface area is 121 Å². The van der Waals surface area contributed by atoms with Crippen LogP contribution in [0, 0.1) is 18.3 Å². The molecule has 1 aromatic carbocycles. The van der Waals surface area contributed by atoms with Crippen molar-refractivity contribution < 1.29 is 9.90 Å². The largest absolute Gasteiger partial charge is 0.508 e. The molecule has 0 amide bonds. The molecule has 0 spiro atoms. The van der Waals surface area contributed by atoms with E-state index in [1.807, 2.05) is 13.0 Å². The van der Waals surface area contributed by atoms with E-state index >= 15 is 0 Å². The highest BCUT2D eigenvalue weighted by Gasteiger charge is 2.52. The fourth-order valence-electron chi connectivity index (χ4n) is 4.75. The Hall–Kier alpha value is -1.31. The second kappa shape index (κ2) is 4.34. The molecule has 2 aliphatic rings. The summed E-state index contributed by atoms with van der Waals surface area (Å²) < 4.78 is 0. The van der Waals surface area contributed by atoms with Crippen LogP contribution >= 0.6 is 0 Å². The normalized spacial score (nSPS) is 31.2. The van der Waals surface area contributed by atoms with Gasteiger partial charge in [-0.05, 0) is 66.7 Å². The smallest absolute Gasteiger partial charge is 0.130 e. The summed E-state index contributed by atoms with van der Waals surface area (Å²) in [7, 11) is 0. The Morgan fingerprint density at radius 1 is 1.30 bits per heavy atom. The van der Waals surface area contributed by atoms with Crippen molar-refractivity contribution in [3.63, 3.8) is 0 Å². The van der Waals surface area contributed by atoms with Gasteiger partial charge in [0.15, 0.2) is 0 Å². The third-order valence-electron chi connectivity index (χ3n) is 5.81. The predicted octanol–water partition coefficient (Wildman–Crippen LogP) is 3.91. The van der Waals surface area contributed by atoms with E-state index in [1.165, 1.54) is 18.3 Å². The number of aldehydes is 1. The Morgan fingerprint density at radius 3 is 2.75 bits per heavy atom. The van der Waals surface area contributed by atoms with E-state index in [9.17, 15) is 9.90 Å². The second-order valence-electron chi connectivity index (χ2n) is 7.39. The number of carbonyl (C=O) groups is 1. The zero-order valence-electron chi connectivity index (χ0n) is 12.7. The fraction of sp³-hybridized carbons (Fsp3) is 0.611. The molecule has 1 N–H and O–H groups in total. The van der Waals surface area contributed by atoms with Crippen molar-refractivity contribution in [1.82, 2.24) is 0 Å². The van der Waals surface area contributed by atoms with Crippen molar-refractivity contribution in [2.45, 2.75) is 58.3 Å². The molecule has 1 saturated carbocycles. The van der Waals surface area contributed by atoms with E-state index in [-0.39, 0.29) is 10.8 Å². The first-order valence-electron chi connectivity index (χ1n) is 7.70. The lowest BCUT2D eigenvalue weighted by atomic mass is 9.50. The van der Waals surface area contributed by atoms with Gasteiger partial charge in [0.1, 0.15) is 12.0 Å². The number of phenols is 1. The van der Waals surface area contributed by atoms with Crippen molar-refractivity contribution >= 4 is 6.29 Å². The number of aromatic hydroxyl groups is 1. The first-order chi connectivity index (χ1) is 9.40. The summed E-state index contributed by atoms with van der Waals surface area (Å²) in [6.07, 6.45) is 6.52. The molecule has 1 aromatic rings. The van der Waals surface area contributed by atoms with Gasteiger partial charge >= 0.3 is 0 Å². The van der Waals surface area contributed by atoms with Gasteiger partial charge < -0.3 is 9.90 Å². The van der Waals surface area contributed by atoms with Crippen LogP contribution in [0.4, 0.5) is 0 Å². The highest BCUT2D eigenvalue weighted by Crippen LogP contribution is 2.56. The molecular formula is C18H24O2. The topological polar surface area (TPSA) is 37.3 Å². The summed E-state index contributed by atoms with van der Waals surface area (Å²) in [5, 5.41) is 10.1. The van der Waals surface area contributed by atoms with Gasteiger partial charge in [0.2, 0.25) is 0 Å². The van der Waals surface area contributed by atoms with E-state index in [1.54, 1.807) is 0 Å². The molecule has 0 unspecified atom stereocenters. The zero-order chi connectivity index (χ0) is 14.5. The number of phenolic OH excluding ortho intramolecular Hbond substituents is 1. The van der Waals surface area contributed by atoms with E-state index in [0.717, 1.165) is 36.8 Å². The number of benzene rings is 1. The Morgan fingerprint density at radius 2 is 2.05 bits per heavy atom. The third kappa shape index (κ3) is 1.73. The number of fused-ring (bicyclic) bond motifs is 3. The van der Waals surface area contributed by atoms with E-state index in [2.05, 4.69) is 19.9 Å². The maximum atomic E-state index is 12.1. The van der Waals surface area contributed by atoms with Gasteiger partial charge in [-0.1, -0.05) is 26.3 Å². The molecule has 2 atom stereocenters. The number of carbonyl (C=O) groups excluding carboxylic acids is 1. The summed E-state index contributed by atoms with van der Waals surface area (Å²) in [6, 6.07) is 3.94. The number of hydrogen-bond donors (Lipinski definition) is 1. The minimum absolute atomic E-state index is 0.206. The first kappa shape index (κ1) is 13.7. The Bertz CT molecular complexity index is 559. The molecule has 20 heavy (non-hydrogen) atoms. The van der Waals surface area contributed by atoms with Crippen LogP contribution in [0.3, 0.4) is 0 Å². The maximum absolute atomic E-state index is 12.1. The maximum Gasteiger partial charge on any atom is 0.130 e. The first-order valence-corrected chi connectivity index (χ1v) is 7.70. The molecule has 2 heteroatoms. The highest BCUT2D eigenvalue weighted by molar-refractivity contribution is 5.72. The Balaban J connectivity index is 2.21. The van der Waals surface area contributed by atoms with Crippen LogP contribution in [-0.2, 0) is 16.6 Å². The van der Waals surface area contributed by atoms with Crippen LogP contribution in [0.2, 0.25) is 0 Å². The molecule has 2 aliphatic carbocycles. The fourth-order valence-corrected chi connectivity index (χ4v) is 4.75. The van der Waals surface area contributed by atoms with Crippen molar-refractivity contribution in [3.05, 3.63) is 28.8 Å². The average Bonchev–Trinajstić information content (AvgIpc) is 2.39. The highest BCUT2D eigenvalue weighted by atomic mass is 16.3. The molecule has 0 heterocycles. The predicted molar refractivity (Wildman–Crippen MR) is 80.0 cm³/mol. The second-order valence-corrected chi connectivity index (χ2v) is 7.39. The summed E-state index contributed by atoms with van der Waals surface area (Å²) in [5.41, 5.74) is 3.11. The van der Waals surface area contributed by atoms with Gasteiger partial charge in [-0.15, -0.1) is 0 Å². The summed E-state index contributed by atoms with van der Waals surface area (Å²) in [5.74, 6) is 0.727. The van der Waals surface area contributed by atoms with Crippen LogP contribution in [0.25, 0.3) is 0 Å². The van der Waals surface area contributed by atoms with Gasteiger partial charge in [-0.25, -0.2) is 0 Å². The van der Waals surface area contributed by atoms with Crippen molar-refractivity contribution in [2.75, 3.05) is 0 Å². The Kier molecular flexibility index (Phi) is 2.97. The molecule has 0 saturated heterocycles. The number of hydrogen-bond acceptors (Lipinski definition) is 2. The molecule has 0 aromatic heterocycles. The third-order valence-corrected chi connectivity index (χ3v) is 5.81. The summed E-state index contributed by atoms with van der Waals surface area (Å²) >= 11 is 0. The van der Waals surface area contributed by atoms with Crippen LogP contribution < -0.4 is 0 Å². The lowest BCUT2D eigenvalue weighted by Gasteiger charge is -2.53. The molecule has 2 nitrogen and oxygen atoms in total. The molecule has 0 aliphatic heterocycles. The number of rotatable bonds is 1. The minimum Gasteiger partial charge on any atom is -0.508 e. The van der Waals surface area contributed by atoms with Gasteiger partial charge in [-0.2, -0.15) is 0 Å². The van der Waals surface area contributed by atoms with Crippen LogP contribution in [0.1, 0.15) is 56.2 Å². The molecule has 0 bridgehead atoms. The van der Waals surface area contributed by atoms with E-state index in [4.69, 9.17) is 0 Å². The lowest BCUT2D eigenvalue weighted by Crippen LogP contribution is -2.50.